The first kappa shape index (κ1) is 21.3. The third kappa shape index (κ3) is 6.61. The van der Waals surface area contributed by atoms with E-state index in [-0.39, 0.29) is 12.5 Å². The number of hydrogen-bond donors (Lipinski definition) is 1. The van der Waals surface area contributed by atoms with Crippen molar-refractivity contribution in [2.75, 3.05) is 26.4 Å². The Hall–Kier alpha value is -3.02. The van der Waals surface area contributed by atoms with Gasteiger partial charge in [-0.15, -0.1) is 0 Å². The van der Waals surface area contributed by atoms with Crippen molar-refractivity contribution in [1.29, 1.82) is 0 Å². The number of ether oxygens (including phenoxy) is 3. The number of rotatable bonds is 10. The molecule has 0 atom stereocenters. The molecular formula is C22H27NO5. The van der Waals surface area contributed by atoms with E-state index < -0.39 is 5.97 Å². The summed E-state index contributed by atoms with van der Waals surface area (Å²) in [4.78, 5) is 23.8. The fourth-order valence-electron chi connectivity index (χ4n) is 2.55. The molecule has 0 bridgehead atoms. The van der Waals surface area contributed by atoms with Crippen LogP contribution in [0.4, 0.5) is 0 Å². The van der Waals surface area contributed by atoms with Crippen molar-refractivity contribution in [3.8, 4) is 11.5 Å². The van der Waals surface area contributed by atoms with Crippen LogP contribution in [0.25, 0.3) is 0 Å². The van der Waals surface area contributed by atoms with Crippen LogP contribution in [0.5, 0.6) is 11.5 Å². The van der Waals surface area contributed by atoms with Gasteiger partial charge in [-0.05, 0) is 57.0 Å². The molecule has 0 spiro atoms. The third-order valence-electron chi connectivity index (χ3n) is 3.97. The number of carbonyl (C=O) groups is 2. The summed E-state index contributed by atoms with van der Waals surface area (Å²) in [5, 5.41) is 2.75. The zero-order chi connectivity index (χ0) is 20.4. The van der Waals surface area contributed by atoms with Gasteiger partial charge in [0, 0.05) is 6.54 Å². The lowest BCUT2D eigenvalue weighted by Gasteiger charge is -2.12. The predicted octanol–water partition coefficient (Wildman–Crippen LogP) is 3.31. The van der Waals surface area contributed by atoms with Crippen molar-refractivity contribution in [2.24, 2.45) is 0 Å². The Kier molecular flexibility index (Phi) is 8.34. The summed E-state index contributed by atoms with van der Waals surface area (Å²) in [5.41, 5.74) is 2.50. The molecule has 0 radical (unpaired) electrons. The summed E-state index contributed by atoms with van der Waals surface area (Å²) in [5.74, 6) is 0.555. The molecule has 1 N–H and O–H groups in total. The molecule has 0 heterocycles. The van der Waals surface area contributed by atoms with Crippen LogP contribution in [0.15, 0.2) is 42.5 Å². The van der Waals surface area contributed by atoms with Crippen molar-refractivity contribution in [2.45, 2.75) is 27.2 Å². The average Bonchev–Trinajstić information content (AvgIpc) is 2.69. The summed E-state index contributed by atoms with van der Waals surface area (Å²) in [7, 11) is 0. The van der Waals surface area contributed by atoms with Crippen molar-refractivity contribution >= 4 is 11.9 Å². The van der Waals surface area contributed by atoms with Crippen LogP contribution in [0, 0.1) is 6.92 Å². The molecule has 2 rings (SSSR count). The van der Waals surface area contributed by atoms with Crippen LogP contribution in [0.3, 0.4) is 0 Å². The Balaban J connectivity index is 1.77. The highest BCUT2D eigenvalue weighted by molar-refractivity contribution is 5.91. The minimum atomic E-state index is -0.511. The van der Waals surface area contributed by atoms with E-state index in [1.54, 1.807) is 12.1 Å². The van der Waals surface area contributed by atoms with E-state index in [1.165, 1.54) is 0 Å². The molecule has 150 valence electrons. The molecule has 0 fully saturated rings. The van der Waals surface area contributed by atoms with Gasteiger partial charge in [0.15, 0.2) is 18.1 Å². The van der Waals surface area contributed by atoms with Gasteiger partial charge in [-0.25, -0.2) is 4.79 Å². The second-order valence-electron chi connectivity index (χ2n) is 6.19. The molecule has 28 heavy (non-hydrogen) atoms. The second-order valence-corrected chi connectivity index (χ2v) is 6.19. The van der Waals surface area contributed by atoms with E-state index in [9.17, 15) is 9.59 Å². The summed E-state index contributed by atoms with van der Waals surface area (Å²) >= 11 is 0. The molecule has 6 heteroatoms. The average molecular weight is 385 g/mol. The standard InChI is InChI=1S/C22H27NO5/c1-4-26-19-11-8-17(14-20(19)27-5-2)12-13-23-21(24)15-28-22(25)18-9-6-16(3)7-10-18/h6-11,14H,4-5,12-13,15H2,1-3H3,(H,23,24). The van der Waals surface area contributed by atoms with Crippen LogP contribution in [-0.4, -0.2) is 38.2 Å². The molecule has 0 unspecified atom stereocenters. The van der Waals surface area contributed by atoms with Crippen LogP contribution in [0.2, 0.25) is 0 Å². The minimum absolute atomic E-state index is 0.305. The van der Waals surface area contributed by atoms with Crippen LogP contribution < -0.4 is 14.8 Å². The lowest BCUT2D eigenvalue weighted by atomic mass is 10.1. The fourth-order valence-corrected chi connectivity index (χ4v) is 2.55. The van der Waals surface area contributed by atoms with Crippen LogP contribution in [0.1, 0.15) is 35.3 Å². The van der Waals surface area contributed by atoms with E-state index in [0.717, 1.165) is 11.1 Å². The molecule has 0 aliphatic heterocycles. The molecule has 0 saturated heterocycles. The Morgan fingerprint density at radius 3 is 2.29 bits per heavy atom. The molecule has 1 amide bonds. The number of hydrogen-bond acceptors (Lipinski definition) is 5. The number of amides is 1. The SMILES string of the molecule is CCOc1ccc(CCNC(=O)COC(=O)c2ccc(C)cc2)cc1OCC. The van der Waals surface area contributed by atoms with Gasteiger partial charge in [-0.1, -0.05) is 23.8 Å². The number of nitrogens with one attached hydrogen (secondary N) is 1. The molecule has 0 saturated carbocycles. The maximum absolute atomic E-state index is 11.9. The van der Waals surface area contributed by atoms with Gasteiger partial charge in [0.1, 0.15) is 0 Å². The van der Waals surface area contributed by atoms with Gasteiger partial charge in [0.25, 0.3) is 5.91 Å². The molecular weight excluding hydrogens is 358 g/mol. The fraction of sp³-hybridized carbons (Fsp3) is 0.364. The first-order chi connectivity index (χ1) is 13.5. The van der Waals surface area contributed by atoms with E-state index in [1.807, 2.05) is 51.1 Å². The van der Waals surface area contributed by atoms with Crippen LogP contribution >= 0.6 is 0 Å². The van der Waals surface area contributed by atoms with Gasteiger partial charge in [-0.2, -0.15) is 0 Å². The van der Waals surface area contributed by atoms with Crippen molar-refractivity contribution in [3.05, 3.63) is 59.2 Å². The maximum Gasteiger partial charge on any atom is 0.338 e. The third-order valence-corrected chi connectivity index (χ3v) is 3.97. The van der Waals surface area contributed by atoms with E-state index in [2.05, 4.69) is 5.32 Å². The number of esters is 1. The summed E-state index contributed by atoms with van der Waals surface area (Å²) in [6.07, 6.45) is 0.629. The first-order valence-corrected chi connectivity index (χ1v) is 9.42. The Bertz CT molecular complexity index is 786. The largest absolute Gasteiger partial charge is 0.490 e. The lowest BCUT2D eigenvalue weighted by Crippen LogP contribution is -2.30. The highest BCUT2D eigenvalue weighted by Crippen LogP contribution is 2.28. The molecule has 0 aliphatic rings. The van der Waals surface area contributed by atoms with Crippen LogP contribution in [-0.2, 0) is 16.0 Å². The summed E-state index contributed by atoms with van der Waals surface area (Å²) < 4.78 is 16.2. The Morgan fingerprint density at radius 2 is 1.61 bits per heavy atom. The molecule has 2 aromatic rings. The first-order valence-electron chi connectivity index (χ1n) is 9.42. The van der Waals surface area contributed by atoms with Gasteiger partial charge in [-0.3, -0.25) is 4.79 Å². The zero-order valence-electron chi connectivity index (χ0n) is 16.6. The predicted molar refractivity (Wildman–Crippen MR) is 107 cm³/mol. The highest BCUT2D eigenvalue weighted by atomic mass is 16.5. The molecule has 6 nitrogen and oxygen atoms in total. The van der Waals surface area contributed by atoms with Gasteiger partial charge < -0.3 is 19.5 Å². The van der Waals surface area contributed by atoms with E-state index in [4.69, 9.17) is 14.2 Å². The summed E-state index contributed by atoms with van der Waals surface area (Å²) in [6.45, 7) is 7.01. The van der Waals surface area contributed by atoms with Gasteiger partial charge >= 0.3 is 5.97 Å². The normalized spacial score (nSPS) is 10.2. The lowest BCUT2D eigenvalue weighted by molar-refractivity contribution is -0.124. The quantitative estimate of drug-likeness (QED) is 0.635. The van der Waals surface area contributed by atoms with Crippen molar-refractivity contribution < 1.29 is 23.8 Å². The molecule has 0 aliphatic carbocycles. The maximum atomic E-state index is 11.9. The van der Waals surface area contributed by atoms with Crippen molar-refractivity contribution in [3.63, 3.8) is 0 Å². The van der Waals surface area contributed by atoms with E-state index in [0.29, 0.717) is 43.2 Å². The topological polar surface area (TPSA) is 73.9 Å². The molecule has 0 aromatic heterocycles. The second kappa shape index (κ2) is 11.0. The summed E-state index contributed by atoms with van der Waals surface area (Å²) in [6, 6.07) is 12.7. The Labute approximate surface area is 165 Å². The monoisotopic (exact) mass is 385 g/mol. The number of carbonyl (C=O) groups excluding carboxylic acids is 2. The highest BCUT2D eigenvalue weighted by Gasteiger charge is 2.10. The number of benzene rings is 2. The smallest absolute Gasteiger partial charge is 0.338 e. The minimum Gasteiger partial charge on any atom is -0.490 e. The van der Waals surface area contributed by atoms with Gasteiger partial charge in [0.2, 0.25) is 0 Å². The van der Waals surface area contributed by atoms with Crippen molar-refractivity contribution in [1.82, 2.24) is 5.32 Å². The molecule has 2 aromatic carbocycles. The number of aryl methyl sites for hydroxylation is 1. The zero-order valence-corrected chi connectivity index (χ0v) is 16.6. The van der Waals surface area contributed by atoms with Gasteiger partial charge in [0.05, 0.1) is 18.8 Å². The van der Waals surface area contributed by atoms with E-state index >= 15 is 0 Å². The Morgan fingerprint density at radius 1 is 0.929 bits per heavy atom.